The third-order valence-electron chi connectivity index (χ3n) is 3.59. The zero-order chi connectivity index (χ0) is 13.0. The number of nitrogen functional groups attached to an aromatic ring is 1. The molecule has 0 bridgehead atoms. The molecule has 0 aliphatic heterocycles. The van der Waals surface area contributed by atoms with Crippen LogP contribution in [0.3, 0.4) is 0 Å². The van der Waals surface area contributed by atoms with Crippen molar-refractivity contribution in [1.82, 2.24) is 9.97 Å². The lowest BCUT2D eigenvalue weighted by Gasteiger charge is -2.14. The molecule has 0 radical (unpaired) electrons. The minimum absolute atomic E-state index is 0.120. The number of nitrogens with one attached hydrogen (secondary N) is 1. The molecule has 1 unspecified atom stereocenters. The molecule has 1 fully saturated rings. The van der Waals surface area contributed by atoms with Gasteiger partial charge in [-0.05, 0) is 19.8 Å². The van der Waals surface area contributed by atoms with Gasteiger partial charge in [0.1, 0.15) is 11.6 Å². The molecule has 1 aromatic heterocycles. The predicted octanol–water partition coefficient (Wildman–Crippen LogP) is 2.00. The quantitative estimate of drug-likeness (QED) is 0.617. The molecule has 0 aromatic carbocycles. The highest BCUT2D eigenvalue weighted by atomic mass is 16.5. The largest absolute Gasteiger partial charge is 0.381 e. The maximum atomic E-state index is 5.48. The van der Waals surface area contributed by atoms with Gasteiger partial charge in [0, 0.05) is 31.2 Å². The molecule has 0 amide bonds. The Morgan fingerprint density at radius 3 is 2.78 bits per heavy atom. The van der Waals surface area contributed by atoms with Crippen LogP contribution in [0.2, 0.25) is 0 Å². The molecule has 0 spiro atoms. The fraction of sp³-hybridized carbons (Fsp3) is 0.692. The standard InChI is InChI=1S/C13H22N4O/c1-9(18-2)7-12-15-11(8-13(16-12)17-14)10-5-3-4-6-10/h8-10H,3-7,14H2,1-2H3,(H,15,16,17). The van der Waals surface area contributed by atoms with Crippen LogP contribution in [-0.4, -0.2) is 23.2 Å². The molecule has 0 saturated heterocycles. The maximum Gasteiger partial charge on any atom is 0.143 e. The van der Waals surface area contributed by atoms with Crippen molar-refractivity contribution in [3.63, 3.8) is 0 Å². The smallest absolute Gasteiger partial charge is 0.143 e. The first-order chi connectivity index (χ1) is 8.72. The number of ether oxygens (including phenoxy) is 1. The van der Waals surface area contributed by atoms with Gasteiger partial charge in [-0.1, -0.05) is 12.8 Å². The number of hydrogen-bond donors (Lipinski definition) is 2. The van der Waals surface area contributed by atoms with E-state index in [9.17, 15) is 0 Å². The van der Waals surface area contributed by atoms with Crippen LogP contribution in [0, 0.1) is 0 Å². The van der Waals surface area contributed by atoms with Gasteiger partial charge in [-0.2, -0.15) is 0 Å². The lowest BCUT2D eigenvalue weighted by molar-refractivity contribution is 0.117. The number of nitrogens with zero attached hydrogens (tertiary/aromatic N) is 2. The molecule has 2 rings (SSSR count). The van der Waals surface area contributed by atoms with Gasteiger partial charge in [0.05, 0.1) is 6.10 Å². The van der Waals surface area contributed by atoms with Crippen molar-refractivity contribution >= 4 is 5.82 Å². The minimum atomic E-state index is 0.120. The second kappa shape index (κ2) is 6.11. The number of hydrogen-bond acceptors (Lipinski definition) is 5. The molecule has 1 aromatic rings. The summed E-state index contributed by atoms with van der Waals surface area (Å²) < 4.78 is 5.26. The van der Waals surface area contributed by atoms with E-state index in [1.54, 1.807) is 7.11 Å². The Kier molecular flexibility index (Phi) is 4.49. The summed E-state index contributed by atoms with van der Waals surface area (Å²) in [6.45, 7) is 2.02. The Morgan fingerprint density at radius 1 is 1.44 bits per heavy atom. The highest BCUT2D eigenvalue weighted by Gasteiger charge is 2.20. The van der Waals surface area contributed by atoms with Gasteiger partial charge in [0.2, 0.25) is 0 Å². The molecule has 3 N–H and O–H groups in total. The summed E-state index contributed by atoms with van der Waals surface area (Å²) in [5, 5.41) is 0. The van der Waals surface area contributed by atoms with Crippen LogP contribution in [0.1, 0.15) is 50.0 Å². The van der Waals surface area contributed by atoms with E-state index in [1.807, 2.05) is 13.0 Å². The summed E-state index contributed by atoms with van der Waals surface area (Å²) in [6.07, 6.45) is 5.87. The number of methoxy groups -OCH3 is 1. The average Bonchev–Trinajstić information content (AvgIpc) is 2.92. The van der Waals surface area contributed by atoms with Gasteiger partial charge in [-0.25, -0.2) is 15.8 Å². The van der Waals surface area contributed by atoms with Crippen LogP contribution in [0.4, 0.5) is 5.82 Å². The van der Waals surface area contributed by atoms with Crippen LogP contribution < -0.4 is 11.3 Å². The first-order valence-electron chi connectivity index (χ1n) is 6.60. The summed E-state index contributed by atoms with van der Waals surface area (Å²) in [6, 6.07) is 1.97. The van der Waals surface area contributed by atoms with E-state index in [0.29, 0.717) is 18.2 Å². The Hall–Kier alpha value is -1.20. The van der Waals surface area contributed by atoms with Gasteiger partial charge in [-0.15, -0.1) is 0 Å². The second-order valence-corrected chi connectivity index (χ2v) is 4.97. The van der Waals surface area contributed by atoms with E-state index >= 15 is 0 Å². The SMILES string of the molecule is COC(C)Cc1nc(NN)cc(C2CCCC2)n1. The molecule has 5 nitrogen and oxygen atoms in total. The van der Waals surface area contributed by atoms with Crippen molar-refractivity contribution in [1.29, 1.82) is 0 Å². The molecule has 1 heterocycles. The normalized spacial score (nSPS) is 17.9. The van der Waals surface area contributed by atoms with E-state index in [1.165, 1.54) is 25.7 Å². The Labute approximate surface area is 108 Å². The molecule has 1 aliphatic rings. The number of rotatable bonds is 5. The molecule has 1 atom stereocenters. The van der Waals surface area contributed by atoms with E-state index in [4.69, 9.17) is 10.6 Å². The summed E-state index contributed by atoms with van der Waals surface area (Å²) in [5.74, 6) is 7.55. The topological polar surface area (TPSA) is 73.1 Å². The molecular weight excluding hydrogens is 228 g/mol. The van der Waals surface area contributed by atoms with Crippen molar-refractivity contribution < 1.29 is 4.74 Å². The average molecular weight is 250 g/mol. The fourth-order valence-corrected chi connectivity index (χ4v) is 2.45. The van der Waals surface area contributed by atoms with E-state index < -0.39 is 0 Å². The monoisotopic (exact) mass is 250 g/mol. The number of aromatic nitrogens is 2. The van der Waals surface area contributed by atoms with Crippen molar-refractivity contribution in [2.24, 2.45) is 5.84 Å². The van der Waals surface area contributed by atoms with Crippen LogP contribution in [0.5, 0.6) is 0 Å². The Morgan fingerprint density at radius 2 is 2.17 bits per heavy atom. The molecule has 18 heavy (non-hydrogen) atoms. The first-order valence-corrected chi connectivity index (χ1v) is 6.60. The van der Waals surface area contributed by atoms with Crippen molar-refractivity contribution in [2.75, 3.05) is 12.5 Å². The summed E-state index contributed by atoms with van der Waals surface area (Å²) in [7, 11) is 1.70. The maximum absolute atomic E-state index is 5.48. The molecular formula is C13H22N4O. The van der Waals surface area contributed by atoms with Crippen LogP contribution in [0.25, 0.3) is 0 Å². The van der Waals surface area contributed by atoms with Crippen LogP contribution >= 0.6 is 0 Å². The van der Waals surface area contributed by atoms with E-state index in [2.05, 4.69) is 15.4 Å². The molecule has 1 aliphatic carbocycles. The highest BCUT2D eigenvalue weighted by molar-refractivity contribution is 5.36. The Bertz CT molecular complexity index is 391. The number of nitrogens with two attached hydrogens (primary N) is 1. The summed E-state index contributed by atoms with van der Waals surface area (Å²) in [5.41, 5.74) is 3.75. The van der Waals surface area contributed by atoms with Gasteiger partial charge < -0.3 is 10.2 Å². The van der Waals surface area contributed by atoms with Crippen molar-refractivity contribution in [3.05, 3.63) is 17.6 Å². The highest BCUT2D eigenvalue weighted by Crippen LogP contribution is 2.33. The molecule has 100 valence electrons. The first kappa shape index (κ1) is 13.2. The molecule has 1 saturated carbocycles. The zero-order valence-electron chi connectivity index (χ0n) is 11.1. The summed E-state index contributed by atoms with van der Waals surface area (Å²) >= 11 is 0. The number of anilines is 1. The third-order valence-corrected chi connectivity index (χ3v) is 3.59. The third kappa shape index (κ3) is 3.17. The van der Waals surface area contributed by atoms with Crippen LogP contribution in [0.15, 0.2) is 6.07 Å². The van der Waals surface area contributed by atoms with Crippen LogP contribution in [-0.2, 0) is 11.2 Å². The van der Waals surface area contributed by atoms with Crippen molar-refractivity contribution in [2.45, 2.75) is 51.0 Å². The van der Waals surface area contributed by atoms with Gasteiger partial charge in [0.15, 0.2) is 0 Å². The zero-order valence-corrected chi connectivity index (χ0v) is 11.1. The molecule has 5 heteroatoms. The van der Waals surface area contributed by atoms with E-state index in [-0.39, 0.29) is 6.10 Å². The summed E-state index contributed by atoms with van der Waals surface area (Å²) in [4.78, 5) is 9.05. The second-order valence-electron chi connectivity index (χ2n) is 4.97. The van der Waals surface area contributed by atoms with E-state index in [0.717, 1.165) is 11.5 Å². The lowest BCUT2D eigenvalue weighted by Crippen LogP contribution is -2.16. The fourth-order valence-electron chi connectivity index (χ4n) is 2.45. The number of hydrazine groups is 1. The predicted molar refractivity (Wildman–Crippen MR) is 71.2 cm³/mol. The van der Waals surface area contributed by atoms with Gasteiger partial charge >= 0.3 is 0 Å². The van der Waals surface area contributed by atoms with Gasteiger partial charge in [-0.3, -0.25) is 0 Å². The van der Waals surface area contributed by atoms with Gasteiger partial charge in [0.25, 0.3) is 0 Å². The lowest BCUT2D eigenvalue weighted by atomic mass is 10.0. The Balaban J connectivity index is 2.20. The minimum Gasteiger partial charge on any atom is -0.381 e. The van der Waals surface area contributed by atoms with Crippen molar-refractivity contribution in [3.8, 4) is 0 Å².